The van der Waals surface area contributed by atoms with Crippen LogP contribution in [0.3, 0.4) is 0 Å². The standard InChI is InChI=1S/C21H25N/c1-2-6-17(7-3-1)12-13-22-16-18-10-11-21(22)15-20-9-5-4-8-19(20)14-18/h1-9,18,21H,10-16H2/t18?,21-/m1/s1. The summed E-state index contributed by atoms with van der Waals surface area (Å²) in [6.07, 6.45) is 6.52. The van der Waals surface area contributed by atoms with Crippen LogP contribution in [0.5, 0.6) is 0 Å². The van der Waals surface area contributed by atoms with Crippen LogP contribution in [-0.4, -0.2) is 24.0 Å². The summed E-state index contributed by atoms with van der Waals surface area (Å²) in [6, 6.07) is 20.8. The van der Waals surface area contributed by atoms with Crippen LogP contribution < -0.4 is 0 Å². The molecule has 5 rings (SSSR count). The van der Waals surface area contributed by atoms with Crippen molar-refractivity contribution < 1.29 is 0 Å². The van der Waals surface area contributed by atoms with Crippen LogP contribution >= 0.6 is 0 Å². The van der Waals surface area contributed by atoms with Gasteiger partial charge in [-0.3, -0.25) is 4.90 Å². The first kappa shape index (κ1) is 14.0. The van der Waals surface area contributed by atoms with Crippen LogP contribution in [0.25, 0.3) is 0 Å². The monoisotopic (exact) mass is 291 g/mol. The molecule has 114 valence electrons. The maximum absolute atomic E-state index is 2.77. The third kappa shape index (κ3) is 2.96. The third-order valence-electron chi connectivity index (χ3n) is 5.53. The van der Waals surface area contributed by atoms with Crippen molar-refractivity contribution in [3.8, 4) is 0 Å². The zero-order valence-electron chi connectivity index (χ0n) is 13.2. The predicted octanol–water partition coefficient (Wildman–Crippen LogP) is 4.11. The van der Waals surface area contributed by atoms with E-state index in [0.29, 0.717) is 0 Å². The van der Waals surface area contributed by atoms with Gasteiger partial charge in [-0.25, -0.2) is 0 Å². The lowest BCUT2D eigenvalue weighted by atomic mass is 9.80. The van der Waals surface area contributed by atoms with E-state index in [2.05, 4.69) is 59.5 Å². The van der Waals surface area contributed by atoms with Gasteiger partial charge in [0.2, 0.25) is 0 Å². The van der Waals surface area contributed by atoms with E-state index in [9.17, 15) is 0 Å². The van der Waals surface area contributed by atoms with Gasteiger partial charge in [-0.1, -0.05) is 54.6 Å². The molecule has 0 spiro atoms. The molecule has 0 N–H and O–H groups in total. The minimum Gasteiger partial charge on any atom is -0.299 e. The number of rotatable bonds is 3. The van der Waals surface area contributed by atoms with E-state index in [4.69, 9.17) is 0 Å². The lowest BCUT2D eigenvalue weighted by Crippen LogP contribution is -2.47. The molecule has 2 heterocycles. The zero-order chi connectivity index (χ0) is 14.8. The molecule has 22 heavy (non-hydrogen) atoms. The highest BCUT2D eigenvalue weighted by Gasteiger charge is 2.31. The highest BCUT2D eigenvalue weighted by molar-refractivity contribution is 5.30. The van der Waals surface area contributed by atoms with Crippen molar-refractivity contribution in [2.75, 3.05) is 13.1 Å². The molecular formula is C21H25N. The molecule has 2 atom stereocenters. The van der Waals surface area contributed by atoms with E-state index in [1.165, 1.54) is 50.8 Å². The van der Waals surface area contributed by atoms with Gasteiger partial charge in [0.25, 0.3) is 0 Å². The van der Waals surface area contributed by atoms with E-state index >= 15 is 0 Å². The number of hydrogen-bond donors (Lipinski definition) is 0. The Balaban J connectivity index is 1.49. The lowest BCUT2D eigenvalue weighted by molar-refractivity contribution is 0.102. The van der Waals surface area contributed by atoms with Crippen molar-refractivity contribution >= 4 is 0 Å². The van der Waals surface area contributed by atoms with E-state index in [0.717, 1.165) is 12.0 Å². The summed E-state index contributed by atoms with van der Waals surface area (Å²) < 4.78 is 0. The third-order valence-corrected chi connectivity index (χ3v) is 5.53. The Morgan fingerprint density at radius 3 is 2.36 bits per heavy atom. The van der Waals surface area contributed by atoms with E-state index in [1.54, 1.807) is 11.1 Å². The normalized spacial score (nSPS) is 24.5. The molecule has 0 amide bonds. The average Bonchev–Trinajstić information content (AvgIpc) is 2.54. The fourth-order valence-corrected chi connectivity index (χ4v) is 4.29. The van der Waals surface area contributed by atoms with E-state index in [-0.39, 0.29) is 0 Å². The molecule has 1 unspecified atom stereocenters. The number of nitrogens with zero attached hydrogens (tertiary/aromatic N) is 1. The SMILES string of the molecule is c1ccc(CCN2CC3CC[C@@H]2Cc2ccccc2C3)cc1. The maximum atomic E-state index is 2.77. The average molecular weight is 291 g/mol. The van der Waals surface area contributed by atoms with E-state index in [1.807, 2.05) is 0 Å². The number of piperidine rings is 1. The second-order valence-electron chi connectivity index (χ2n) is 7.00. The molecule has 1 heteroatoms. The molecule has 2 aromatic rings. The molecule has 1 fully saturated rings. The maximum Gasteiger partial charge on any atom is 0.0136 e. The van der Waals surface area contributed by atoms with Gasteiger partial charge in [0.05, 0.1) is 0 Å². The zero-order valence-corrected chi connectivity index (χ0v) is 13.2. The van der Waals surface area contributed by atoms with Crippen molar-refractivity contribution in [1.29, 1.82) is 0 Å². The van der Waals surface area contributed by atoms with Crippen molar-refractivity contribution in [1.82, 2.24) is 4.90 Å². The first-order chi connectivity index (χ1) is 10.9. The van der Waals surface area contributed by atoms with E-state index < -0.39 is 0 Å². The van der Waals surface area contributed by atoms with Gasteiger partial charge in [0.15, 0.2) is 0 Å². The molecule has 1 nitrogen and oxygen atoms in total. The van der Waals surface area contributed by atoms with Crippen molar-refractivity contribution in [2.24, 2.45) is 5.92 Å². The quantitative estimate of drug-likeness (QED) is 0.822. The van der Waals surface area contributed by atoms with Gasteiger partial charge in [0.1, 0.15) is 0 Å². The Labute approximate surface area is 134 Å². The van der Waals surface area contributed by atoms with Crippen molar-refractivity contribution in [3.63, 3.8) is 0 Å². The van der Waals surface area contributed by atoms with Crippen LogP contribution in [0.15, 0.2) is 54.6 Å². The molecule has 1 aliphatic carbocycles. The van der Waals surface area contributed by atoms with Crippen LogP contribution in [0.1, 0.15) is 29.5 Å². The molecule has 3 aliphatic rings. The van der Waals surface area contributed by atoms with Crippen LogP contribution in [0.2, 0.25) is 0 Å². The largest absolute Gasteiger partial charge is 0.299 e. The summed E-state index contributed by atoms with van der Waals surface area (Å²) in [4.78, 5) is 2.77. The van der Waals surface area contributed by atoms with Gasteiger partial charge in [-0.05, 0) is 54.7 Å². The van der Waals surface area contributed by atoms with Crippen LogP contribution in [0.4, 0.5) is 0 Å². The number of benzene rings is 2. The van der Waals surface area contributed by atoms with Gasteiger partial charge in [0, 0.05) is 19.1 Å². The summed E-state index contributed by atoms with van der Waals surface area (Å²) in [5.41, 5.74) is 4.68. The Morgan fingerprint density at radius 2 is 1.55 bits per heavy atom. The highest BCUT2D eigenvalue weighted by atomic mass is 15.2. The first-order valence-electron chi connectivity index (χ1n) is 8.73. The van der Waals surface area contributed by atoms with Crippen LogP contribution in [0, 0.1) is 5.92 Å². The van der Waals surface area contributed by atoms with Gasteiger partial charge >= 0.3 is 0 Å². The Morgan fingerprint density at radius 1 is 0.818 bits per heavy atom. The minimum atomic E-state index is 0.751. The number of fused-ring (bicyclic) bond motifs is 2. The van der Waals surface area contributed by atoms with Gasteiger partial charge in [-0.2, -0.15) is 0 Å². The minimum absolute atomic E-state index is 0.751. The molecule has 1 saturated heterocycles. The highest BCUT2D eigenvalue weighted by Crippen LogP contribution is 2.32. The van der Waals surface area contributed by atoms with Crippen molar-refractivity contribution in [2.45, 2.75) is 38.1 Å². The first-order valence-corrected chi connectivity index (χ1v) is 8.73. The Kier molecular flexibility index (Phi) is 3.99. The summed E-state index contributed by atoms with van der Waals surface area (Å²) >= 11 is 0. The number of hydrogen-bond acceptors (Lipinski definition) is 1. The smallest absolute Gasteiger partial charge is 0.0136 e. The fourth-order valence-electron chi connectivity index (χ4n) is 4.29. The molecule has 0 radical (unpaired) electrons. The van der Waals surface area contributed by atoms with Crippen molar-refractivity contribution in [3.05, 3.63) is 71.3 Å². The molecule has 2 bridgehead atoms. The second-order valence-corrected chi connectivity index (χ2v) is 7.00. The van der Waals surface area contributed by atoms with Gasteiger partial charge < -0.3 is 0 Å². The Bertz CT molecular complexity index is 619. The summed E-state index contributed by atoms with van der Waals surface area (Å²) in [6.45, 7) is 2.51. The van der Waals surface area contributed by atoms with Crippen LogP contribution in [-0.2, 0) is 19.3 Å². The molecule has 2 aliphatic heterocycles. The molecule has 0 aromatic heterocycles. The fraction of sp³-hybridized carbons (Fsp3) is 0.429. The lowest BCUT2D eigenvalue weighted by Gasteiger charge is -2.42. The molecular weight excluding hydrogens is 266 g/mol. The molecule has 2 aromatic carbocycles. The second kappa shape index (κ2) is 6.26. The Hall–Kier alpha value is -1.60. The summed E-state index contributed by atoms with van der Waals surface area (Å²) in [5.74, 6) is 0.855. The topological polar surface area (TPSA) is 3.24 Å². The summed E-state index contributed by atoms with van der Waals surface area (Å²) in [5, 5.41) is 0. The summed E-state index contributed by atoms with van der Waals surface area (Å²) in [7, 11) is 0. The predicted molar refractivity (Wildman–Crippen MR) is 92.1 cm³/mol. The van der Waals surface area contributed by atoms with Gasteiger partial charge in [-0.15, -0.1) is 0 Å². The molecule has 0 saturated carbocycles.